The van der Waals surface area contributed by atoms with Crippen LogP contribution in [-0.4, -0.2) is 64.9 Å². The summed E-state index contributed by atoms with van der Waals surface area (Å²) in [6, 6.07) is 18.1. The van der Waals surface area contributed by atoms with E-state index in [2.05, 4.69) is 11.8 Å². The zero-order chi connectivity index (χ0) is 24.6. The van der Waals surface area contributed by atoms with Gasteiger partial charge in [-0.1, -0.05) is 35.9 Å². The zero-order valence-electron chi connectivity index (χ0n) is 21.0. The third-order valence-electron chi connectivity index (χ3n) is 6.22. The highest BCUT2D eigenvalue weighted by atomic mass is 16.5. The van der Waals surface area contributed by atoms with E-state index in [0.29, 0.717) is 32.2 Å². The van der Waals surface area contributed by atoms with Gasteiger partial charge in [-0.25, -0.2) is 4.68 Å². The number of aliphatic hydroxyl groups excluding tert-OH is 1. The van der Waals surface area contributed by atoms with Crippen molar-refractivity contribution in [3.05, 3.63) is 71.4 Å². The van der Waals surface area contributed by atoms with Crippen LogP contribution in [0.2, 0.25) is 0 Å². The van der Waals surface area contributed by atoms with Crippen LogP contribution in [0, 0.1) is 13.8 Å². The first-order valence-corrected chi connectivity index (χ1v) is 12.5. The highest BCUT2D eigenvalue weighted by Gasteiger charge is 2.26. The molecule has 3 aromatic rings. The van der Waals surface area contributed by atoms with E-state index in [1.165, 1.54) is 5.56 Å². The molecule has 1 aromatic heterocycles. The molecular formula is C28H37N3O4. The lowest BCUT2D eigenvalue weighted by atomic mass is 10.1. The van der Waals surface area contributed by atoms with E-state index in [1.54, 1.807) is 0 Å². The first-order chi connectivity index (χ1) is 17.0. The van der Waals surface area contributed by atoms with Gasteiger partial charge in [0.1, 0.15) is 5.75 Å². The summed E-state index contributed by atoms with van der Waals surface area (Å²) in [5, 5.41) is 15.5. The summed E-state index contributed by atoms with van der Waals surface area (Å²) in [5.74, 6) is 1.45. The highest BCUT2D eigenvalue weighted by molar-refractivity contribution is 5.43. The quantitative estimate of drug-likeness (QED) is 0.408. The van der Waals surface area contributed by atoms with Gasteiger partial charge in [-0.3, -0.25) is 4.90 Å². The van der Waals surface area contributed by atoms with Crippen molar-refractivity contribution in [1.29, 1.82) is 0 Å². The topological polar surface area (TPSA) is 69.0 Å². The molecule has 188 valence electrons. The highest BCUT2D eigenvalue weighted by Crippen LogP contribution is 2.32. The second kappa shape index (κ2) is 12.3. The van der Waals surface area contributed by atoms with E-state index in [1.807, 2.05) is 73.1 Å². The lowest BCUT2D eigenvalue weighted by Gasteiger charge is -2.27. The summed E-state index contributed by atoms with van der Waals surface area (Å²) >= 11 is 0. The molecule has 0 amide bonds. The average Bonchev–Trinajstić information content (AvgIpc) is 3.48. The summed E-state index contributed by atoms with van der Waals surface area (Å²) in [5.41, 5.74) is 4.01. The molecule has 0 radical (unpaired) electrons. The van der Waals surface area contributed by atoms with Gasteiger partial charge in [-0.2, -0.15) is 5.10 Å². The fourth-order valence-electron chi connectivity index (χ4n) is 4.40. The minimum Gasteiger partial charge on any atom is -0.439 e. The van der Waals surface area contributed by atoms with Crippen LogP contribution in [0.5, 0.6) is 11.6 Å². The molecule has 2 atom stereocenters. The Bertz CT molecular complexity index is 1050. The van der Waals surface area contributed by atoms with Crippen LogP contribution in [-0.2, 0) is 16.0 Å². The van der Waals surface area contributed by atoms with Crippen LogP contribution in [0.3, 0.4) is 0 Å². The van der Waals surface area contributed by atoms with Crippen molar-refractivity contribution in [3.8, 4) is 17.3 Å². The van der Waals surface area contributed by atoms with Gasteiger partial charge in [-0.05, 0) is 57.9 Å². The van der Waals surface area contributed by atoms with Crippen LogP contribution in [0.4, 0.5) is 0 Å². The minimum absolute atomic E-state index is 0.167. The third kappa shape index (κ3) is 6.92. The molecule has 0 bridgehead atoms. The van der Waals surface area contributed by atoms with Gasteiger partial charge >= 0.3 is 0 Å². The van der Waals surface area contributed by atoms with Crippen LogP contribution < -0.4 is 4.74 Å². The van der Waals surface area contributed by atoms with Gasteiger partial charge in [0, 0.05) is 32.8 Å². The van der Waals surface area contributed by atoms with Gasteiger partial charge in [-0.15, -0.1) is 0 Å². The summed E-state index contributed by atoms with van der Waals surface area (Å²) < 4.78 is 19.7. The van der Waals surface area contributed by atoms with Crippen LogP contribution in [0.15, 0.2) is 54.6 Å². The molecule has 4 rings (SSSR count). The molecule has 0 spiro atoms. The van der Waals surface area contributed by atoms with Gasteiger partial charge in [0.05, 0.1) is 35.8 Å². The predicted molar refractivity (Wildman–Crippen MR) is 136 cm³/mol. The first-order valence-electron chi connectivity index (χ1n) is 12.5. The Labute approximate surface area is 208 Å². The number of aromatic nitrogens is 2. The summed E-state index contributed by atoms with van der Waals surface area (Å²) in [6.07, 6.45) is 1.70. The van der Waals surface area contributed by atoms with E-state index < -0.39 is 6.10 Å². The Kier molecular flexibility index (Phi) is 8.93. The van der Waals surface area contributed by atoms with Crippen LogP contribution in [0.1, 0.15) is 36.6 Å². The molecule has 0 saturated carbocycles. The first kappa shape index (κ1) is 25.4. The maximum Gasteiger partial charge on any atom is 0.227 e. The summed E-state index contributed by atoms with van der Waals surface area (Å²) in [6.45, 7) is 9.51. The van der Waals surface area contributed by atoms with E-state index in [0.717, 1.165) is 48.7 Å². The lowest BCUT2D eigenvalue weighted by molar-refractivity contribution is 0.00498. The SMILES string of the molecule is CCOC[C@@H](O)CN(Cc1c(C)nn(-c2ccccc2)c1Oc1ccc(C)cc1)C[C@H]1CCCO1. The summed E-state index contributed by atoms with van der Waals surface area (Å²) in [7, 11) is 0. The number of ether oxygens (including phenoxy) is 3. The molecular weight excluding hydrogens is 442 g/mol. The molecule has 7 nitrogen and oxygen atoms in total. The van der Waals surface area contributed by atoms with Crippen molar-refractivity contribution in [2.24, 2.45) is 0 Å². The van der Waals surface area contributed by atoms with Gasteiger partial charge in [0.25, 0.3) is 0 Å². The van der Waals surface area contributed by atoms with Crippen molar-refractivity contribution in [2.45, 2.75) is 52.4 Å². The molecule has 2 heterocycles. The number of para-hydroxylation sites is 1. The minimum atomic E-state index is -0.581. The molecule has 1 aliphatic heterocycles. The third-order valence-corrected chi connectivity index (χ3v) is 6.22. The number of hydrogen-bond donors (Lipinski definition) is 1. The van der Waals surface area contributed by atoms with Gasteiger partial charge in [0.15, 0.2) is 0 Å². The molecule has 1 fully saturated rings. The van der Waals surface area contributed by atoms with E-state index in [4.69, 9.17) is 19.3 Å². The Morgan fingerprint density at radius 1 is 1.14 bits per heavy atom. The Morgan fingerprint density at radius 2 is 1.91 bits per heavy atom. The molecule has 0 aliphatic carbocycles. The second-order valence-electron chi connectivity index (χ2n) is 9.17. The van der Waals surface area contributed by atoms with Crippen molar-refractivity contribution in [2.75, 3.05) is 32.9 Å². The largest absolute Gasteiger partial charge is 0.439 e. The Hall–Kier alpha value is -2.71. The molecule has 1 N–H and O–H groups in total. The van der Waals surface area contributed by atoms with E-state index >= 15 is 0 Å². The monoisotopic (exact) mass is 479 g/mol. The van der Waals surface area contributed by atoms with Crippen molar-refractivity contribution < 1.29 is 19.3 Å². The fourth-order valence-corrected chi connectivity index (χ4v) is 4.40. The zero-order valence-corrected chi connectivity index (χ0v) is 21.0. The van der Waals surface area contributed by atoms with Crippen LogP contribution in [0.25, 0.3) is 5.69 Å². The number of benzene rings is 2. The standard InChI is InChI=1S/C28H37N3O4/c1-4-33-20-24(32)17-30(18-26-11-8-16-34-26)19-27-22(3)29-31(23-9-6-5-7-10-23)28(27)35-25-14-12-21(2)13-15-25/h5-7,9-10,12-15,24,26,32H,4,8,11,16-20H2,1-3H3/t24-,26+/m0/s1. The lowest BCUT2D eigenvalue weighted by Crippen LogP contribution is -2.39. The van der Waals surface area contributed by atoms with Crippen molar-refractivity contribution in [3.63, 3.8) is 0 Å². The van der Waals surface area contributed by atoms with Crippen molar-refractivity contribution in [1.82, 2.24) is 14.7 Å². The Morgan fingerprint density at radius 3 is 2.60 bits per heavy atom. The normalized spacial score (nSPS) is 16.7. The average molecular weight is 480 g/mol. The number of rotatable bonds is 12. The van der Waals surface area contributed by atoms with Crippen molar-refractivity contribution >= 4 is 0 Å². The molecule has 1 aliphatic rings. The van der Waals surface area contributed by atoms with Gasteiger partial charge in [0.2, 0.25) is 5.88 Å². The number of nitrogens with zero attached hydrogens (tertiary/aromatic N) is 3. The van der Waals surface area contributed by atoms with E-state index in [-0.39, 0.29) is 6.10 Å². The molecule has 7 heteroatoms. The maximum atomic E-state index is 10.6. The molecule has 35 heavy (non-hydrogen) atoms. The molecule has 2 aromatic carbocycles. The van der Waals surface area contributed by atoms with E-state index in [9.17, 15) is 5.11 Å². The number of aliphatic hydroxyl groups is 1. The number of hydrogen-bond acceptors (Lipinski definition) is 6. The maximum absolute atomic E-state index is 10.6. The van der Waals surface area contributed by atoms with Gasteiger partial charge < -0.3 is 19.3 Å². The fraction of sp³-hybridized carbons (Fsp3) is 0.464. The Balaban J connectivity index is 1.65. The summed E-state index contributed by atoms with van der Waals surface area (Å²) in [4.78, 5) is 2.24. The predicted octanol–water partition coefficient (Wildman–Crippen LogP) is 4.66. The second-order valence-corrected chi connectivity index (χ2v) is 9.17. The molecule has 1 saturated heterocycles. The number of aryl methyl sites for hydroxylation is 2. The molecule has 0 unspecified atom stereocenters. The smallest absolute Gasteiger partial charge is 0.227 e. The van der Waals surface area contributed by atoms with Crippen LogP contribution >= 0.6 is 0 Å².